The van der Waals surface area contributed by atoms with Gasteiger partial charge in [0.1, 0.15) is 11.5 Å². The van der Waals surface area contributed by atoms with E-state index in [-0.39, 0.29) is 12.2 Å². The molecular weight excluding hydrogens is 268 g/mol. The third kappa shape index (κ3) is 3.68. The van der Waals surface area contributed by atoms with Gasteiger partial charge in [-0.3, -0.25) is 4.79 Å². The van der Waals surface area contributed by atoms with Gasteiger partial charge >= 0.3 is 0 Å². The molecule has 0 N–H and O–H groups in total. The molecule has 1 aromatic heterocycles. The van der Waals surface area contributed by atoms with Crippen molar-refractivity contribution in [2.24, 2.45) is 5.41 Å². The van der Waals surface area contributed by atoms with E-state index in [1.807, 2.05) is 52.0 Å². The number of nitrogens with zero attached hydrogens (tertiary/aromatic N) is 2. The van der Waals surface area contributed by atoms with Crippen LogP contribution in [0.4, 0.5) is 0 Å². The first kappa shape index (κ1) is 15.2. The second-order valence-corrected chi connectivity index (χ2v) is 5.79. The average molecular weight is 288 g/mol. The zero-order valence-corrected chi connectivity index (χ0v) is 12.8. The van der Waals surface area contributed by atoms with Crippen LogP contribution in [-0.4, -0.2) is 22.5 Å². The van der Waals surface area contributed by atoms with E-state index < -0.39 is 5.41 Å². The minimum atomic E-state index is -0.419. The summed E-state index contributed by atoms with van der Waals surface area (Å²) < 4.78 is 10.7. The van der Waals surface area contributed by atoms with E-state index in [4.69, 9.17) is 9.26 Å². The summed E-state index contributed by atoms with van der Waals surface area (Å²) in [5, 5.41) is 3.95. The van der Waals surface area contributed by atoms with Crippen molar-refractivity contribution in [2.75, 3.05) is 6.61 Å². The fourth-order valence-corrected chi connectivity index (χ4v) is 1.77. The van der Waals surface area contributed by atoms with Crippen molar-refractivity contribution in [3.8, 4) is 17.1 Å². The molecule has 0 aliphatic carbocycles. The maximum absolute atomic E-state index is 12.0. The number of Topliss-reactive ketones (excluding diaryl/α,β-unsaturated/α-hetero) is 1. The second-order valence-electron chi connectivity index (χ2n) is 5.79. The highest BCUT2D eigenvalue weighted by Crippen LogP contribution is 2.28. The van der Waals surface area contributed by atoms with Crippen molar-refractivity contribution in [2.45, 2.75) is 34.1 Å². The molecule has 0 atom stereocenters. The van der Waals surface area contributed by atoms with Gasteiger partial charge < -0.3 is 9.26 Å². The molecule has 0 amide bonds. The van der Waals surface area contributed by atoms with Crippen LogP contribution in [0.3, 0.4) is 0 Å². The number of hydrogen-bond acceptors (Lipinski definition) is 5. The Morgan fingerprint density at radius 2 is 2.00 bits per heavy atom. The number of rotatable bonds is 5. The van der Waals surface area contributed by atoms with Crippen molar-refractivity contribution in [3.05, 3.63) is 30.2 Å². The molecule has 5 nitrogen and oxygen atoms in total. The number of ether oxygens (including phenoxy) is 1. The molecular formula is C16H20N2O3. The second kappa shape index (κ2) is 6.08. The minimum Gasteiger partial charge on any atom is -0.493 e. The fourth-order valence-electron chi connectivity index (χ4n) is 1.77. The molecule has 0 aliphatic heterocycles. The molecule has 0 unspecified atom stereocenters. The third-order valence-corrected chi connectivity index (χ3v) is 3.04. The molecule has 0 bridgehead atoms. The maximum atomic E-state index is 12.0. The average Bonchev–Trinajstić information content (AvgIpc) is 2.87. The van der Waals surface area contributed by atoms with E-state index in [0.29, 0.717) is 24.1 Å². The standard InChI is InChI=1S/C16H20N2O3/c1-5-20-12-9-7-6-8-11(12)15-17-14(21-18-15)10-13(19)16(2,3)4/h6-9H,5,10H2,1-4H3. The Balaban J connectivity index is 2.23. The van der Waals surface area contributed by atoms with E-state index >= 15 is 0 Å². The number of ketones is 1. The Morgan fingerprint density at radius 3 is 2.67 bits per heavy atom. The van der Waals surface area contributed by atoms with Crippen molar-refractivity contribution in [1.29, 1.82) is 0 Å². The van der Waals surface area contributed by atoms with Crippen LogP contribution in [0.2, 0.25) is 0 Å². The van der Waals surface area contributed by atoms with Crippen LogP contribution in [0.5, 0.6) is 5.75 Å². The van der Waals surface area contributed by atoms with Crippen LogP contribution < -0.4 is 4.74 Å². The molecule has 0 saturated carbocycles. The topological polar surface area (TPSA) is 65.2 Å². The van der Waals surface area contributed by atoms with Gasteiger partial charge in [0.05, 0.1) is 18.6 Å². The summed E-state index contributed by atoms with van der Waals surface area (Å²) in [7, 11) is 0. The van der Waals surface area contributed by atoms with E-state index in [1.54, 1.807) is 0 Å². The van der Waals surface area contributed by atoms with E-state index in [1.165, 1.54) is 0 Å². The Morgan fingerprint density at radius 1 is 1.29 bits per heavy atom. The highest BCUT2D eigenvalue weighted by molar-refractivity contribution is 5.85. The fraction of sp³-hybridized carbons (Fsp3) is 0.438. The lowest BCUT2D eigenvalue weighted by molar-refractivity contribution is -0.125. The minimum absolute atomic E-state index is 0.0655. The lowest BCUT2D eigenvalue weighted by Crippen LogP contribution is -2.22. The molecule has 0 fully saturated rings. The first-order valence-electron chi connectivity index (χ1n) is 7.00. The van der Waals surface area contributed by atoms with Gasteiger partial charge in [-0.05, 0) is 19.1 Å². The van der Waals surface area contributed by atoms with Crippen LogP contribution >= 0.6 is 0 Å². The summed E-state index contributed by atoms with van der Waals surface area (Å²) in [5.74, 6) is 1.54. The smallest absolute Gasteiger partial charge is 0.234 e. The van der Waals surface area contributed by atoms with Gasteiger partial charge in [-0.25, -0.2) is 0 Å². The van der Waals surface area contributed by atoms with Crippen LogP contribution in [0.1, 0.15) is 33.6 Å². The summed E-state index contributed by atoms with van der Waals surface area (Å²) in [6.07, 6.45) is 0.146. The molecule has 0 aliphatic rings. The number of hydrogen-bond donors (Lipinski definition) is 0. The van der Waals surface area contributed by atoms with E-state index in [0.717, 1.165) is 5.56 Å². The molecule has 21 heavy (non-hydrogen) atoms. The summed E-state index contributed by atoms with van der Waals surface area (Å²) in [6, 6.07) is 7.49. The quantitative estimate of drug-likeness (QED) is 0.844. The molecule has 0 spiro atoms. The van der Waals surface area contributed by atoms with Gasteiger partial charge in [0.25, 0.3) is 0 Å². The summed E-state index contributed by atoms with van der Waals surface area (Å²) in [6.45, 7) is 8.09. The van der Waals surface area contributed by atoms with E-state index in [9.17, 15) is 4.79 Å². The number of benzene rings is 1. The molecule has 0 saturated heterocycles. The number of carbonyl (C=O) groups is 1. The summed E-state index contributed by atoms with van der Waals surface area (Å²) in [5.41, 5.74) is 0.343. The Bertz CT molecular complexity index is 626. The molecule has 2 rings (SSSR count). The highest BCUT2D eigenvalue weighted by atomic mass is 16.5. The van der Waals surface area contributed by atoms with Crippen LogP contribution in [0.25, 0.3) is 11.4 Å². The SMILES string of the molecule is CCOc1ccccc1-c1noc(CC(=O)C(C)(C)C)n1. The van der Waals surface area contributed by atoms with Crippen molar-refractivity contribution >= 4 is 5.78 Å². The first-order chi connectivity index (χ1) is 9.91. The zero-order chi connectivity index (χ0) is 15.5. The lowest BCUT2D eigenvalue weighted by Gasteiger charge is -2.14. The molecule has 1 heterocycles. The van der Waals surface area contributed by atoms with Gasteiger partial charge in [0.15, 0.2) is 0 Å². The molecule has 112 valence electrons. The largest absolute Gasteiger partial charge is 0.493 e. The molecule has 1 aromatic carbocycles. The summed E-state index contributed by atoms with van der Waals surface area (Å²) >= 11 is 0. The van der Waals surface area contributed by atoms with Gasteiger partial charge in [-0.2, -0.15) is 4.98 Å². The predicted octanol–water partition coefficient (Wildman–Crippen LogP) is 3.29. The van der Waals surface area contributed by atoms with Crippen molar-refractivity contribution in [3.63, 3.8) is 0 Å². The molecule has 0 radical (unpaired) electrons. The normalized spacial score (nSPS) is 11.4. The van der Waals surface area contributed by atoms with Crippen LogP contribution in [0.15, 0.2) is 28.8 Å². The Kier molecular flexibility index (Phi) is 4.40. The third-order valence-electron chi connectivity index (χ3n) is 3.04. The van der Waals surface area contributed by atoms with Gasteiger partial charge in [0.2, 0.25) is 11.7 Å². The molecule has 2 aromatic rings. The molecule has 5 heteroatoms. The van der Waals surface area contributed by atoms with Gasteiger partial charge in [0, 0.05) is 5.41 Å². The Hall–Kier alpha value is -2.17. The highest BCUT2D eigenvalue weighted by Gasteiger charge is 2.24. The van der Waals surface area contributed by atoms with Gasteiger partial charge in [-0.1, -0.05) is 38.1 Å². The number of aromatic nitrogens is 2. The van der Waals surface area contributed by atoms with Crippen LogP contribution in [0, 0.1) is 5.41 Å². The number of para-hydroxylation sites is 1. The van der Waals surface area contributed by atoms with Crippen molar-refractivity contribution in [1.82, 2.24) is 10.1 Å². The first-order valence-corrected chi connectivity index (χ1v) is 7.00. The number of carbonyl (C=O) groups excluding carboxylic acids is 1. The monoisotopic (exact) mass is 288 g/mol. The summed E-state index contributed by atoms with van der Waals surface area (Å²) in [4.78, 5) is 16.3. The Labute approximate surface area is 124 Å². The van der Waals surface area contributed by atoms with Crippen LogP contribution in [-0.2, 0) is 11.2 Å². The van der Waals surface area contributed by atoms with Gasteiger partial charge in [-0.15, -0.1) is 0 Å². The maximum Gasteiger partial charge on any atom is 0.234 e. The lowest BCUT2D eigenvalue weighted by atomic mass is 9.89. The van der Waals surface area contributed by atoms with E-state index in [2.05, 4.69) is 10.1 Å². The zero-order valence-electron chi connectivity index (χ0n) is 12.8. The predicted molar refractivity (Wildman–Crippen MR) is 79.1 cm³/mol. The van der Waals surface area contributed by atoms with Crippen molar-refractivity contribution < 1.29 is 14.1 Å².